The van der Waals surface area contributed by atoms with Crippen LogP contribution in [0.4, 0.5) is 5.69 Å². The van der Waals surface area contributed by atoms with Crippen molar-refractivity contribution in [3.8, 4) is 5.75 Å². The number of nitrogens with one attached hydrogen (secondary N) is 2. The van der Waals surface area contributed by atoms with Crippen LogP contribution < -0.4 is 15.4 Å². The number of ether oxygens (including phenoxy) is 1. The van der Waals surface area contributed by atoms with Gasteiger partial charge in [-0.15, -0.1) is 11.3 Å². The predicted octanol–water partition coefficient (Wildman–Crippen LogP) is 4.77. The van der Waals surface area contributed by atoms with Gasteiger partial charge < -0.3 is 19.8 Å². The molecule has 2 aromatic carbocycles. The van der Waals surface area contributed by atoms with Gasteiger partial charge in [0.25, 0.3) is 0 Å². The number of methoxy groups -OCH3 is 1. The highest BCUT2D eigenvalue weighted by Gasteiger charge is 2.17. The Morgan fingerprint density at radius 2 is 2.00 bits per heavy atom. The zero-order chi connectivity index (χ0) is 18.8. The van der Waals surface area contributed by atoms with Crippen LogP contribution in [-0.2, 0) is 11.3 Å². The number of thiophene rings is 1. The number of para-hydroxylation sites is 1. The third-order valence-electron chi connectivity index (χ3n) is 4.51. The van der Waals surface area contributed by atoms with Gasteiger partial charge in [0.2, 0.25) is 5.91 Å². The van der Waals surface area contributed by atoms with Crippen molar-refractivity contribution < 1.29 is 13.9 Å². The van der Waals surface area contributed by atoms with Gasteiger partial charge in [-0.25, -0.2) is 0 Å². The Hall–Kier alpha value is -2.83. The topological polar surface area (TPSA) is 63.5 Å². The van der Waals surface area contributed by atoms with E-state index in [1.807, 2.05) is 60.8 Å². The molecule has 2 heterocycles. The summed E-state index contributed by atoms with van der Waals surface area (Å²) in [6.45, 7) is 2.50. The van der Waals surface area contributed by atoms with E-state index in [1.165, 1.54) is 4.88 Å². The molecule has 138 valence electrons. The van der Waals surface area contributed by atoms with Crippen LogP contribution in [0.2, 0.25) is 0 Å². The molecule has 0 radical (unpaired) electrons. The summed E-state index contributed by atoms with van der Waals surface area (Å²) in [4.78, 5) is 13.8. The number of fused-ring (bicyclic) bond motifs is 3. The lowest BCUT2D eigenvalue weighted by molar-refractivity contribution is -0.117. The molecule has 5 nitrogen and oxygen atoms in total. The van der Waals surface area contributed by atoms with Gasteiger partial charge in [0.15, 0.2) is 0 Å². The Morgan fingerprint density at radius 1 is 1.15 bits per heavy atom. The lowest BCUT2D eigenvalue weighted by Gasteiger charge is -2.15. The molecule has 2 aromatic heterocycles. The number of rotatable bonds is 6. The first-order chi connectivity index (χ1) is 13.2. The SMILES string of the molecule is COc1cc2c(cc1NC(=O)C(C)NCc1cccs1)oc1ccccc12. The Labute approximate surface area is 160 Å². The molecular weight excluding hydrogens is 360 g/mol. The summed E-state index contributed by atoms with van der Waals surface area (Å²) < 4.78 is 11.4. The van der Waals surface area contributed by atoms with E-state index in [0.717, 1.165) is 16.4 Å². The van der Waals surface area contributed by atoms with Crippen molar-refractivity contribution in [2.45, 2.75) is 19.5 Å². The highest BCUT2D eigenvalue weighted by atomic mass is 32.1. The van der Waals surface area contributed by atoms with Crippen molar-refractivity contribution in [2.75, 3.05) is 12.4 Å². The third-order valence-corrected chi connectivity index (χ3v) is 5.39. The first-order valence-corrected chi connectivity index (χ1v) is 9.59. The van der Waals surface area contributed by atoms with Gasteiger partial charge in [-0.05, 0) is 30.5 Å². The minimum absolute atomic E-state index is 0.125. The highest BCUT2D eigenvalue weighted by molar-refractivity contribution is 7.09. The molecule has 4 rings (SSSR count). The van der Waals surface area contributed by atoms with E-state index in [4.69, 9.17) is 9.15 Å². The van der Waals surface area contributed by atoms with E-state index in [0.29, 0.717) is 23.6 Å². The van der Waals surface area contributed by atoms with Crippen LogP contribution in [0.1, 0.15) is 11.8 Å². The molecule has 6 heteroatoms. The Morgan fingerprint density at radius 3 is 2.78 bits per heavy atom. The van der Waals surface area contributed by atoms with E-state index in [2.05, 4.69) is 10.6 Å². The van der Waals surface area contributed by atoms with Gasteiger partial charge in [0.05, 0.1) is 18.8 Å². The molecule has 1 amide bonds. The fourth-order valence-corrected chi connectivity index (χ4v) is 3.67. The number of benzene rings is 2. The summed E-state index contributed by atoms with van der Waals surface area (Å²) in [5.74, 6) is 0.480. The zero-order valence-electron chi connectivity index (χ0n) is 15.1. The highest BCUT2D eigenvalue weighted by Crippen LogP contribution is 2.36. The molecular formula is C21H20N2O3S. The van der Waals surface area contributed by atoms with E-state index >= 15 is 0 Å². The number of carbonyl (C=O) groups is 1. The van der Waals surface area contributed by atoms with E-state index in [-0.39, 0.29) is 11.9 Å². The first kappa shape index (κ1) is 17.6. The van der Waals surface area contributed by atoms with Gasteiger partial charge >= 0.3 is 0 Å². The molecule has 0 spiro atoms. The summed E-state index contributed by atoms with van der Waals surface area (Å²) in [7, 11) is 1.59. The minimum Gasteiger partial charge on any atom is -0.495 e. The Balaban J connectivity index is 1.56. The molecule has 0 aliphatic carbocycles. The number of furan rings is 1. The predicted molar refractivity (Wildman–Crippen MR) is 110 cm³/mol. The monoisotopic (exact) mass is 380 g/mol. The normalized spacial score (nSPS) is 12.4. The van der Waals surface area contributed by atoms with E-state index in [9.17, 15) is 4.79 Å². The molecule has 0 fully saturated rings. The molecule has 0 aliphatic rings. The first-order valence-electron chi connectivity index (χ1n) is 8.71. The van der Waals surface area contributed by atoms with E-state index in [1.54, 1.807) is 18.4 Å². The second-order valence-corrected chi connectivity index (χ2v) is 7.35. The van der Waals surface area contributed by atoms with Gasteiger partial charge in [-0.2, -0.15) is 0 Å². The van der Waals surface area contributed by atoms with Crippen LogP contribution in [0.25, 0.3) is 21.9 Å². The molecule has 0 saturated carbocycles. The smallest absolute Gasteiger partial charge is 0.241 e. The maximum Gasteiger partial charge on any atom is 0.241 e. The molecule has 27 heavy (non-hydrogen) atoms. The number of hydrogen-bond acceptors (Lipinski definition) is 5. The number of anilines is 1. The van der Waals surface area contributed by atoms with Crippen molar-refractivity contribution in [1.82, 2.24) is 5.32 Å². The fraction of sp³-hybridized carbons (Fsp3) is 0.190. The lowest BCUT2D eigenvalue weighted by Crippen LogP contribution is -2.37. The summed E-state index contributed by atoms with van der Waals surface area (Å²) >= 11 is 1.66. The molecule has 0 bridgehead atoms. The molecule has 2 N–H and O–H groups in total. The third kappa shape index (κ3) is 3.54. The van der Waals surface area contributed by atoms with Gasteiger partial charge in [-0.1, -0.05) is 24.3 Å². The standard InChI is InChI=1S/C21H20N2O3S/c1-13(22-12-14-6-5-9-27-14)21(24)23-17-11-19-16(10-20(17)25-2)15-7-3-4-8-18(15)26-19/h3-11,13,22H,12H2,1-2H3,(H,23,24). The minimum atomic E-state index is -0.344. The van der Waals surface area contributed by atoms with Crippen molar-refractivity contribution in [1.29, 1.82) is 0 Å². The van der Waals surface area contributed by atoms with Crippen LogP contribution in [-0.4, -0.2) is 19.1 Å². The summed E-state index contributed by atoms with van der Waals surface area (Å²) in [5, 5.41) is 10.2. The van der Waals surface area contributed by atoms with Gasteiger partial charge in [0.1, 0.15) is 16.9 Å². The van der Waals surface area contributed by atoms with Crippen molar-refractivity contribution in [2.24, 2.45) is 0 Å². The lowest BCUT2D eigenvalue weighted by atomic mass is 10.1. The molecule has 0 aliphatic heterocycles. The van der Waals surface area contributed by atoms with Gasteiger partial charge in [0, 0.05) is 28.3 Å². The van der Waals surface area contributed by atoms with Crippen LogP contribution in [0.3, 0.4) is 0 Å². The molecule has 1 unspecified atom stereocenters. The quantitative estimate of drug-likeness (QED) is 0.506. The second-order valence-electron chi connectivity index (χ2n) is 6.32. The summed E-state index contributed by atoms with van der Waals surface area (Å²) in [6.07, 6.45) is 0. The second kappa shape index (κ2) is 7.42. The largest absolute Gasteiger partial charge is 0.495 e. The van der Waals surface area contributed by atoms with Crippen molar-refractivity contribution in [3.63, 3.8) is 0 Å². The van der Waals surface area contributed by atoms with E-state index < -0.39 is 0 Å². The van der Waals surface area contributed by atoms with Crippen LogP contribution >= 0.6 is 11.3 Å². The van der Waals surface area contributed by atoms with Crippen LogP contribution in [0.5, 0.6) is 5.75 Å². The molecule has 1 atom stereocenters. The van der Waals surface area contributed by atoms with Crippen LogP contribution in [0.15, 0.2) is 58.3 Å². The summed E-state index contributed by atoms with van der Waals surface area (Å²) in [6, 6.07) is 15.3. The number of amides is 1. The average molecular weight is 380 g/mol. The molecule has 4 aromatic rings. The fourth-order valence-electron chi connectivity index (χ4n) is 3.02. The Kier molecular flexibility index (Phi) is 4.83. The maximum absolute atomic E-state index is 12.6. The Bertz CT molecular complexity index is 1090. The number of carbonyl (C=O) groups excluding carboxylic acids is 1. The average Bonchev–Trinajstić information content (AvgIpc) is 3.32. The number of hydrogen-bond donors (Lipinski definition) is 2. The van der Waals surface area contributed by atoms with Crippen LogP contribution in [0, 0.1) is 0 Å². The van der Waals surface area contributed by atoms with Crippen molar-refractivity contribution >= 4 is 44.9 Å². The van der Waals surface area contributed by atoms with Gasteiger partial charge in [-0.3, -0.25) is 4.79 Å². The zero-order valence-corrected chi connectivity index (χ0v) is 15.9. The molecule has 0 saturated heterocycles. The maximum atomic E-state index is 12.6. The summed E-state index contributed by atoms with van der Waals surface area (Å²) in [5.41, 5.74) is 2.12. The van der Waals surface area contributed by atoms with Crippen molar-refractivity contribution in [3.05, 3.63) is 58.8 Å².